The van der Waals surface area contributed by atoms with Gasteiger partial charge in [-0.1, -0.05) is 6.07 Å². The van der Waals surface area contributed by atoms with E-state index in [1.54, 1.807) is 12.1 Å². The van der Waals surface area contributed by atoms with Crippen molar-refractivity contribution in [2.75, 3.05) is 23.2 Å². The molecular weight excluding hydrogens is 306 g/mol. The second-order valence-electron chi connectivity index (χ2n) is 5.11. The molecule has 114 valence electrons. The first-order valence-corrected chi connectivity index (χ1v) is 8.14. The van der Waals surface area contributed by atoms with Crippen LogP contribution in [0.2, 0.25) is 0 Å². The van der Waals surface area contributed by atoms with Crippen LogP contribution in [0.5, 0.6) is 0 Å². The molecule has 0 saturated heterocycles. The average Bonchev–Trinajstić information content (AvgIpc) is 3.17. The summed E-state index contributed by atoms with van der Waals surface area (Å²) in [5, 5.41) is 10.3. The molecule has 1 aliphatic heterocycles. The van der Waals surface area contributed by atoms with Crippen molar-refractivity contribution in [3.05, 3.63) is 30.1 Å². The number of likely N-dealkylation sites (N-methyl/N-ethyl adjacent to an activating group) is 1. The lowest BCUT2D eigenvalue weighted by Gasteiger charge is -2.13. The van der Waals surface area contributed by atoms with Crippen LogP contribution >= 0.6 is 0 Å². The highest BCUT2D eigenvalue weighted by Gasteiger charge is 2.22. The zero-order valence-corrected chi connectivity index (χ0v) is 12.5. The van der Waals surface area contributed by atoms with E-state index in [-0.39, 0.29) is 10.8 Å². The minimum absolute atomic E-state index is 0.0707. The lowest BCUT2D eigenvalue weighted by Crippen LogP contribution is -2.16. The maximum Gasteiger partial charge on any atom is 0.273 e. The summed E-state index contributed by atoms with van der Waals surface area (Å²) in [6, 6.07) is 5.13. The third kappa shape index (κ3) is 1.91. The summed E-state index contributed by atoms with van der Waals surface area (Å²) >= 11 is 0. The average molecular weight is 319 g/mol. The summed E-state index contributed by atoms with van der Waals surface area (Å²) in [5.74, 6) is 0.368. The molecule has 0 fully saturated rings. The summed E-state index contributed by atoms with van der Waals surface area (Å²) in [5.41, 5.74) is 2.09. The van der Waals surface area contributed by atoms with E-state index in [2.05, 4.69) is 25.0 Å². The number of nitrogens with one attached hydrogen (secondary N) is 2. The van der Waals surface area contributed by atoms with Crippen molar-refractivity contribution in [2.24, 2.45) is 0 Å². The van der Waals surface area contributed by atoms with Crippen LogP contribution in [0.1, 0.15) is 5.56 Å². The van der Waals surface area contributed by atoms with Crippen LogP contribution in [0, 0.1) is 0 Å². The molecule has 0 saturated carbocycles. The SMILES string of the molecule is CN1CCc2ccc(S(=O)(=O)Nc3nnc4nc[nH]n34)cc21. The van der Waals surface area contributed by atoms with Gasteiger partial charge in [-0.15, -0.1) is 10.2 Å². The Labute approximate surface area is 126 Å². The number of rotatable bonds is 3. The zero-order valence-electron chi connectivity index (χ0n) is 11.7. The van der Waals surface area contributed by atoms with E-state index in [4.69, 9.17) is 0 Å². The molecule has 2 N–H and O–H groups in total. The van der Waals surface area contributed by atoms with Gasteiger partial charge in [-0.2, -0.15) is 9.50 Å². The minimum Gasteiger partial charge on any atom is -0.374 e. The molecule has 0 radical (unpaired) electrons. The Balaban J connectivity index is 1.72. The van der Waals surface area contributed by atoms with Crippen LogP contribution in [-0.4, -0.2) is 46.8 Å². The van der Waals surface area contributed by atoms with Crippen molar-refractivity contribution in [2.45, 2.75) is 11.3 Å². The number of hydrogen-bond donors (Lipinski definition) is 2. The fourth-order valence-corrected chi connectivity index (χ4v) is 3.56. The normalized spacial score (nSPS) is 14.5. The number of aromatic amines is 1. The highest BCUT2D eigenvalue weighted by atomic mass is 32.2. The molecule has 1 aliphatic rings. The third-order valence-corrected chi connectivity index (χ3v) is 5.06. The van der Waals surface area contributed by atoms with Crippen molar-refractivity contribution in [3.63, 3.8) is 0 Å². The molecule has 22 heavy (non-hydrogen) atoms. The number of hydrogen-bond acceptors (Lipinski definition) is 6. The smallest absolute Gasteiger partial charge is 0.273 e. The number of fused-ring (bicyclic) bond motifs is 2. The summed E-state index contributed by atoms with van der Waals surface area (Å²) in [7, 11) is -1.80. The second kappa shape index (κ2) is 4.44. The number of aromatic nitrogens is 5. The molecule has 2 aromatic heterocycles. The molecule has 9 nitrogen and oxygen atoms in total. The largest absolute Gasteiger partial charge is 0.374 e. The molecule has 0 spiro atoms. The molecule has 10 heteroatoms. The summed E-state index contributed by atoms with van der Waals surface area (Å²) in [4.78, 5) is 6.12. The fourth-order valence-electron chi connectivity index (χ4n) is 2.55. The van der Waals surface area contributed by atoms with Crippen LogP contribution < -0.4 is 9.62 Å². The second-order valence-corrected chi connectivity index (χ2v) is 6.80. The van der Waals surface area contributed by atoms with Gasteiger partial charge in [0.25, 0.3) is 21.7 Å². The Kier molecular flexibility index (Phi) is 2.64. The maximum atomic E-state index is 12.5. The highest BCUT2D eigenvalue weighted by Crippen LogP contribution is 2.29. The monoisotopic (exact) mass is 319 g/mol. The van der Waals surface area contributed by atoms with Crippen LogP contribution in [0.15, 0.2) is 29.4 Å². The fraction of sp³-hybridized carbons (Fsp3) is 0.250. The predicted molar refractivity (Wildman–Crippen MR) is 79.4 cm³/mol. The quantitative estimate of drug-likeness (QED) is 0.716. The molecular formula is C12H13N7O2S. The topological polar surface area (TPSA) is 108 Å². The van der Waals surface area contributed by atoms with Crippen molar-refractivity contribution in [1.29, 1.82) is 0 Å². The predicted octanol–water partition coefficient (Wildman–Crippen LogP) is 0.245. The Bertz CT molecular complexity index is 959. The van der Waals surface area contributed by atoms with E-state index in [0.29, 0.717) is 5.78 Å². The van der Waals surface area contributed by atoms with Gasteiger partial charge in [-0.05, 0) is 24.1 Å². The maximum absolute atomic E-state index is 12.5. The summed E-state index contributed by atoms with van der Waals surface area (Å²) in [6.45, 7) is 0.894. The van der Waals surface area contributed by atoms with Crippen molar-refractivity contribution in [1.82, 2.24) is 24.8 Å². The van der Waals surface area contributed by atoms with Gasteiger partial charge >= 0.3 is 0 Å². The molecule has 0 bridgehead atoms. The van der Waals surface area contributed by atoms with Gasteiger partial charge in [0.05, 0.1) is 4.90 Å². The molecule has 0 amide bonds. The summed E-state index contributed by atoms with van der Waals surface area (Å²) < 4.78 is 28.8. The van der Waals surface area contributed by atoms with Crippen LogP contribution in [-0.2, 0) is 16.4 Å². The van der Waals surface area contributed by atoms with Gasteiger partial charge in [0.1, 0.15) is 6.33 Å². The standard InChI is InChI=1S/C12H13N7O2S/c1-18-5-4-8-2-3-9(6-10(8)18)22(20,21)17-12-16-15-11-13-7-14-19(11)12/h2-3,6-7H,4-5H2,1H3,(H,16,17)(H,13,14,15). The van der Waals surface area contributed by atoms with Gasteiger partial charge in [-0.3, -0.25) is 5.10 Å². The Morgan fingerprint density at radius 3 is 3.05 bits per heavy atom. The van der Waals surface area contributed by atoms with Crippen molar-refractivity contribution >= 4 is 27.4 Å². The van der Waals surface area contributed by atoms with Gasteiger partial charge in [0.2, 0.25) is 0 Å². The number of anilines is 2. The number of sulfonamides is 1. The first kappa shape index (κ1) is 13.1. The van der Waals surface area contributed by atoms with E-state index in [1.165, 1.54) is 10.8 Å². The van der Waals surface area contributed by atoms with E-state index in [1.807, 2.05) is 18.0 Å². The Morgan fingerprint density at radius 1 is 1.32 bits per heavy atom. The number of H-pyrrole nitrogens is 1. The Hall–Kier alpha value is -2.62. The molecule has 4 rings (SSSR count). The van der Waals surface area contributed by atoms with Gasteiger partial charge in [0, 0.05) is 19.3 Å². The lowest BCUT2D eigenvalue weighted by molar-refractivity contribution is 0.600. The number of benzene rings is 1. The minimum atomic E-state index is -3.75. The molecule has 1 aromatic carbocycles. The molecule has 3 aromatic rings. The van der Waals surface area contributed by atoms with Crippen molar-refractivity contribution in [3.8, 4) is 0 Å². The van der Waals surface area contributed by atoms with E-state index < -0.39 is 10.0 Å². The molecule has 0 unspecified atom stereocenters. The van der Waals surface area contributed by atoms with Crippen LogP contribution in [0.25, 0.3) is 5.78 Å². The first-order chi connectivity index (χ1) is 10.5. The van der Waals surface area contributed by atoms with Crippen LogP contribution in [0.3, 0.4) is 0 Å². The van der Waals surface area contributed by atoms with Gasteiger partial charge in [-0.25, -0.2) is 13.1 Å². The van der Waals surface area contributed by atoms with E-state index in [9.17, 15) is 8.42 Å². The van der Waals surface area contributed by atoms with Crippen molar-refractivity contribution < 1.29 is 8.42 Å². The molecule has 3 heterocycles. The lowest BCUT2D eigenvalue weighted by atomic mass is 10.2. The first-order valence-electron chi connectivity index (χ1n) is 6.66. The van der Waals surface area contributed by atoms with Gasteiger partial charge < -0.3 is 4.90 Å². The number of nitrogens with zero attached hydrogens (tertiary/aromatic N) is 5. The van der Waals surface area contributed by atoms with Crippen LogP contribution in [0.4, 0.5) is 11.6 Å². The zero-order chi connectivity index (χ0) is 15.3. The third-order valence-electron chi connectivity index (χ3n) is 3.73. The highest BCUT2D eigenvalue weighted by molar-refractivity contribution is 7.92. The van der Waals surface area contributed by atoms with E-state index >= 15 is 0 Å². The Morgan fingerprint density at radius 2 is 2.18 bits per heavy atom. The summed E-state index contributed by atoms with van der Waals surface area (Å²) in [6.07, 6.45) is 2.34. The molecule has 0 aliphatic carbocycles. The van der Waals surface area contributed by atoms with E-state index in [0.717, 1.165) is 24.2 Å². The molecule has 0 atom stereocenters. The van der Waals surface area contributed by atoms with Gasteiger partial charge in [0.15, 0.2) is 0 Å².